The molecule has 0 atom stereocenters. The molecule has 1 aromatic rings. The summed E-state index contributed by atoms with van der Waals surface area (Å²) >= 11 is 2.01. The Morgan fingerprint density at radius 2 is 1.52 bits per heavy atom. The van der Waals surface area contributed by atoms with Gasteiger partial charge in [-0.25, -0.2) is 4.98 Å². The molecule has 0 radical (unpaired) electrons. The predicted molar refractivity (Wildman–Crippen MR) is 88.2 cm³/mol. The molecule has 3 rings (SSSR count). The van der Waals surface area contributed by atoms with Crippen LogP contribution in [0.2, 0.25) is 0 Å². The molecule has 4 nitrogen and oxygen atoms in total. The maximum atomic E-state index is 5.90. The van der Waals surface area contributed by atoms with Crippen LogP contribution >= 0.6 is 11.8 Å². The van der Waals surface area contributed by atoms with Crippen molar-refractivity contribution >= 4 is 17.7 Å². The molecule has 1 heterocycles. The van der Waals surface area contributed by atoms with Crippen molar-refractivity contribution in [1.82, 2.24) is 15.0 Å². The largest absolute Gasteiger partial charge is 0.368 e. The first-order valence-corrected chi connectivity index (χ1v) is 9.48. The minimum absolute atomic E-state index is 0.407. The smallest absolute Gasteiger partial charge is 0.223 e. The lowest BCUT2D eigenvalue weighted by Crippen LogP contribution is -2.14. The van der Waals surface area contributed by atoms with E-state index in [0.717, 1.165) is 22.7 Å². The van der Waals surface area contributed by atoms with Crippen LogP contribution in [0.25, 0.3) is 0 Å². The molecule has 0 bridgehead atoms. The quantitative estimate of drug-likeness (QED) is 0.908. The highest BCUT2D eigenvalue weighted by atomic mass is 32.2. The zero-order valence-electron chi connectivity index (χ0n) is 12.8. The van der Waals surface area contributed by atoms with E-state index in [2.05, 4.69) is 9.97 Å². The minimum Gasteiger partial charge on any atom is -0.368 e. The van der Waals surface area contributed by atoms with E-state index in [-0.39, 0.29) is 0 Å². The zero-order valence-corrected chi connectivity index (χ0v) is 13.6. The van der Waals surface area contributed by atoms with Gasteiger partial charge in [-0.05, 0) is 25.7 Å². The number of nitrogens with zero attached hydrogens (tertiary/aromatic N) is 3. The lowest BCUT2D eigenvalue weighted by Gasteiger charge is -2.22. The molecule has 116 valence electrons. The second kappa shape index (κ2) is 7.43. The first-order chi connectivity index (χ1) is 10.3. The van der Waals surface area contributed by atoms with Gasteiger partial charge in [-0.1, -0.05) is 38.5 Å². The first kappa shape index (κ1) is 15.1. The highest BCUT2D eigenvalue weighted by Crippen LogP contribution is 2.32. The van der Waals surface area contributed by atoms with E-state index in [1.165, 1.54) is 64.2 Å². The van der Waals surface area contributed by atoms with E-state index in [1.54, 1.807) is 0 Å². The maximum absolute atomic E-state index is 5.90. The summed E-state index contributed by atoms with van der Waals surface area (Å²) in [6, 6.07) is 0. The summed E-state index contributed by atoms with van der Waals surface area (Å²) in [5, 5.41) is 0.787. The Morgan fingerprint density at radius 3 is 2.24 bits per heavy atom. The Morgan fingerprint density at radius 1 is 0.857 bits per heavy atom. The molecular formula is C16H26N4S. The summed E-state index contributed by atoms with van der Waals surface area (Å²) < 4.78 is 0. The fourth-order valence-corrected chi connectivity index (χ4v) is 4.67. The Balaban J connectivity index is 1.62. The number of aromatic nitrogens is 3. The van der Waals surface area contributed by atoms with Gasteiger partial charge in [0.1, 0.15) is 11.6 Å². The normalized spacial score (nSPS) is 21.5. The lowest BCUT2D eigenvalue weighted by molar-refractivity contribution is 0.427. The van der Waals surface area contributed by atoms with E-state index in [1.807, 2.05) is 11.8 Å². The van der Waals surface area contributed by atoms with Crippen LogP contribution in [0.1, 0.15) is 81.8 Å². The molecule has 2 N–H and O–H groups in total. The molecule has 0 aliphatic heterocycles. The van der Waals surface area contributed by atoms with Crippen LogP contribution in [0.3, 0.4) is 0 Å². The second-order valence-corrected chi connectivity index (χ2v) is 7.66. The van der Waals surface area contributed by atoms with Crippen molar-refractivity contribution in [3.8, 4) is 0 Å². The summed E-state index contributed by atoms with van der Waals surface area (Å²) in [6.45, 7) is 0. The Bertz CT molecular complexity index is 454. The summed E-state index contributed by atoms with van der Waals surface area (Å²) in [5.74, 6) is 3.63. The van der Waals surface area contributed by atoms with Crippen molar-refractivity contribution in [2.24, 2.45) is 0 Å². The first-order valence-electron chi connectivity index (χ1n) is 8.43. The van der Waals surface area contributed by atoms with E-state index >= 15 is 0 Å². The highest BCUT2D eigenvalue weighted by molar-refractivity contribution is 7.99. The minimum atomic E-state index is 0.407. The Labute approximate surface area is 131 Å². The predicted octanol–water partition coefficient (Wildman–Crippen LogP) is 4.07. The number of nitrogen functional groups attached to an aromatic ring is 1. The van der Waals surface area contributed by atoms with Gasteiger partial charge >= 0.3 is 0 Å². The van der Waals surface area contributed by atoms with Gasteiger partial charge in [0.2, 0.25) is 5.95 Å². The van der Waals surface area contributed by atoms with Crippen LogP contribution in [0.5, 0.6) is 0 Å². The number of hydrogen-bond donors (Lipinski definition) is 1. The summed E-state index contributed by atoms with van der Waals surface area (Å²) in [4.78, 5) is 13.5. The van der Waals surface area contributed by atoms with Crippen LogP contribution < -0.4 is 5.73 Å². The molecule has 5 heteroatoms. The third-order valence-corrected chi connectivity index (χ3v) is 6.05. The Kier molecular flexibility index (Phi) is 5.33. The van der Waals surface area contributed by atoms with Gasteiger partial charge < -0.3 is 5.73 Å². The molecule has 2 saturated carbocycles. The van der Waals surface area contributed by atoms with Gasteiger partial charge in [-0.15, -0.1) is 0 Å². The van der Waals surface area contributed by atoms with E-state index < -0.39 is 0 Å². The van der Waals surface area contributed by atoms with Crippen LogP contribution in [0.4, 0.5) is 5.95 Å². The van der Waals surface area contributed by atoms with Gasteiger partial charge in [0.15, 0.2) is 0 Å². The molecule has 2 fully saturated rings. The van der Waals surface area contributed by atoms with Gasteiger partial charge in [0.05, 0.1) is 5.75 Å². The van der Waals surface area contributed by atoms with Crippen molar-refractivity contribution in [1.29, 1.82) is 0 Å². The van der Waals surface area contributed by atoms with Crippen LogP contribution in [0, 0.1) is 0 Å². The molecular weight excluding hydrogens is 280 g/mol. The number of nitrogens with two attached hydrogens (primary N) is 1. The number of hydrogen-bond acceptors (Lipinski definition) is 5. The zero-order chi connectivity index (χ0) is 14.5. The molecule has 0 amide bonds. The second-order valence-electron chi connectivity index (χ2n) is 6.37. The summed E-state index contributed by atoms with van der Waals surface area (Å²) in [6.07, 6.45) is 13.2. The third kappa shape index (κ3) is 4.31. The standard InChI is InChI=1S/C16H26N4S/c17-16-19-14(11-21-13-9-5-2-6-10-13)18-15(20-16)12-7-3-1-4-8-12/h12-13H,1-11H2,(H2,17,18,19,20). The average Bonchev–Trinajstić information content (AvgIpc) is 2.54. The maximum Gasteiger partial charge on any atom is 0.223 e. The van der Waals surface area contributed by atoms with Crippen molar-refractivity contribution in [3.63, 3.8) is 0 Å². The van der Waals surface area contributed by atoms with E-state index in [0.29, 0.717) is 11.9 Å². The summed E-state index contributed by atoms with van der Waals surface area (Å²) in [7, 11) is 0. The van der Waals surface area contributed by atoms with E-state index in [9.17, 15) is 0 Å². The number of anilines is 1. The third-order valence-electron chi connectivity index (χ3n) is 4.69. The van der Waals surface area contributed by atoms with Crippen LogP contribution in [-0.4, -0.2) is 20.2 Å². The van der Waals surface area contributed by atoms with Gasteiger partial charge in [-0.3, -0.25) is 0 Å². The van der Waals surface area contributed by atoms with Crippen molar-refractivity contribution < 1.29 is 0 Å². The molecule has 2 aliphatic carbocycles. The molecule has 0 spiro atoms. The molecule has 0 aromatic carbocycles. The fourth-order valence-electron chi connectivity index (χ4n) is 3.49. The summed E-state index contributed by atoms with van der Waals surface area (Å²) in [5.41, 5.74) is 5.90. The number of rotatable bonds is 4. The molecule has 1 aromatic heterocycles. The van der Waals surface area contributed by atoms with Crippen LogP contribution in [0.15, 0.2) is 0 Å². The van der Waals surface area contributed by atoms with Crippen LogP contribution in [-0.2, 0) is 5.75 Å². The van der Waals surface area contributed by atoms with Gasteiger partial charge in [0, 0.05) is 11.2 Å². The van der Waals surface area contributed by atoms with Gasteiger partial charge in [-0.2, -0.15) is 21.7 Å². The van der Waals surface area contributed by atoms with Gasteiger partial charge in [0.25, 0.3) is 0 Å². The average molecular weight is 306 g/mol. The molecule has 0 saturated heterocycles. The molecule has 21 heavy (non-hydrogen) atoms. The van der Waals surface area contributed by atoms with E-state index in [4.69, 9.17) is 10.7 Å². The monoisotopic (exact) mass is 306 g/mol. The highest BCUT2D eigenvalue weighted by Gasteiger charge is 2.20. The lowest BCUT2D eigenvalue weighted by atomic mass is 9.89. The Hall–Kier alpha value is -0.840. The van der Waals surface area contributed by atoms with Crippen molar-refractivity contribution in [2.45, 2.75) is 81.1 Å². The SMILES string of the molecule is Nc1nc(CSC2CCCCC2)nc(C2CCCCC2)n1. The molecule has 0 unspecified atom stereocenters. The van der Waals surface area contributed by atoms with Crippen molar-refractivity contribution in [2.75, 3.05) is 5.73 Å². The topological polar surface area (TPSA) is 64.7 Å². The van der Waals surface area contributed by atoms with Crippen molar-refractivity contribution in [3.05, 3.63) is 11.6 Å². The molecule has 2 aliphatic rings. The number of thioether (sulfide) groups is 1. The fraction of sp³-hybridized carbons (Fsp3) is 0.812.